The fraction of sp³-hybridized carbons (Fsp3) is 0.923. The van der Waals surface area contributed by atoms with Crippen molar-refractivity contribution in [3.63, 3.8) is 0 Å². The molecule has 1 aliphatic rings. The molecule has 0 aliphatic heterocycles. The van der Waals surface area contributed by atoms with Crippen molar-refractivity contribution < 1.29 is 9.53 Å². The van der Waals surface area contributed by atoms with Crippen LogP contribution in [0.25, 0.3) is 0 Å². The van der Waals surface area contributed by atoms with E-state index in [9.17, 15) is 4.79 Å². The maximum atomic E-state index is 11.4. The van der Waals surface area contributed by atoms with Crippen LogP contribution < -0.4 is 11.1 Å². The molecule has 0 aromatic heterocycles. The average molecular weight is 242 g/mol. The predicted octanol–water partition coefficient (Wildman–Crippen LogP) is 2.42. The minimum Gasteiger partial charge on any atom is -0.444 e. The summed E-state index contributed by atoms with van der Waals surface area (Å²) in [5.41, 5.74) is 5.67. The Hall–Kier alpha value is -0.770. The van der Waals surface area contributed by atoms with Gasteiger partial charge in [-0.05, 0) is 46.0 Å². The molecule has 1 atom stereocenters. The molecule has 1 saturated carbocycles. The summed E-state index contributed by atoms with van der Waals surface area (Å²) in [6.07, 6.45) is 5.58. The number of amides is 1. The van der Waals surface area contributed by atoms with Crippen LogP contribution in [0, 0.1) is 5.92 Å². The van der Waals surface area contributed by atoms with Gasteiger partial charge in [-0.1, -0.05) is 12.8 Å². The molecule has 1 amide bonds. The molecule has 0 aromatic carbocycles. The van der Waals surface area contributed by atoms with Gasteiger partial charge < -0.3 is 15.8 Å². The number of alkyl carbamates (subject to hydrolysis) is 1. The Bertz CT molecular complexity index is 242. The summed E-state index contributed by atoms with van der Waals surface area (Å²) >= 11 is 0. The van der Waals surface area contributed by atoms with Crippen LogP contribution in [0.5, 0.6) is 0 Å². The van der Waals surface area contributed by atoms with Gasteiger partial charge in [0.15, 0.2) is 0 Å². The fourth-order valence-electron chi connectivity index (χ4n) is 2.28. The van der Waals surface area contributed by atoms with E-state index >= 15 is 0 Å². The van der Waals surface area contributed by atoms with E-state index in [2.05, 4.69) is 5.32 Å². The molecule has 0 aromatic rings. The second kappa shape index (κ2) is 6.24. The van der Waals surface area contributed by atoms with Gasteiger partial charge in [-0.3, -0.25) is 0 Å². The highest BCUT2D eigenvalue weighted by molar-refractivity contribution is 5.67. The standard InChI is InChI=1S/C13H26N2O2/c1-13(2,3)17-12(16)15-9-8-11(14)10-6-4-5-7-10/h10-11H,4-9,14H2,1-3H3,(H,15,16). The topological polar surface area (TPSA) is 64.3 Å². The van der Waals surface area contributed by atoms with Gasteiger partial charge in [0.05, 0.1) is 0 Å². The van der Waals surface area contributed by atoms with E-state index in [1.165, 1.54) is 25.7 Å². The Labute approximate surface area is 104 Å². The Morgan fingerprint density at radius 1 is 1.41 bits per heavy atom. The van der Waals surface area contributed by atoms with Gasteiger partial charge in [-0.25, -0.2) is 4.79 Å². The van der Waals surface area contributed by atoms with Gasteiger partial charge in [0, 0.05) is 12.6 Å². The lowest BCUT2D eigenvalue weighted by Gasteiger charge is -2.21. The minimum absolute atomic E-state index is 0.215. The van der Waals surface area contributed by atoms with Crippen LogP contribution in [-0.4, -0.2) is 24.3 Å². The SMILES string of the molecule is CC(C)(C)OC(=O)NCCC(N)C1CCCC1. The van der Waals surface area contributed by atoms with Crippen LogP contribution in [0.15, 0.2) is 0 Å². The van der Waals surface area contributed by atoms with Crippen LogP contribution in [-0.2, 0) is 4.74 Å². The van der Waals surface area contributed by atoms with E-state index in [4.69, 9.17) is 10.5 Å². The minimum atomic E-state index is -0.433. The van der Waals surface area contributed by atoms with Crippen LogP contribution in [0.1, 0.15) is 52.9 Å². The molecule has 0 saturated heterocycles. The molecule has 3 N–H and O–H groups in total. The lowest BCUT2D eigenvalue weighted by molar-refractivity contribution is 0.0525. The Kier molecular flexibility index (Phi) is 5.25. The van der Waals surface area contributed by atoms with Crippen molar-refractivity contribution in [1.29, 1.82) is 0 Å². The summed E-state index contributed by atoms with van der Waals surface area (Å²) in [5, 5.41) is 2.75. The van der Waals surface area contributed by atoms with Gasteiger partial charge in [0.2, 0.25) is 0 Å². The molecule has 0 bridgehead atoms. The van der Waals surface area contributed by atoms with Gasteiger partial charge in [0.1, 0.15) is 5.60 Å². The molecule has 1 fully saturated rings. The second-order valence-electron chi connectivity index (χ2n) is 5.93. The first-order valence-corrected chi connectivity index (χ1v) is 6.61. The zero-order valence-corrected chi connectivity index (χ0v) is 11.3. The van der Waals surface area contributed by atoms with E-state index in [0.717, 1.165) is 6.42 Å². The Balaban J connectivity index is 2.12. The smallest absolute Gasteiger partial charge is 0.407 e. The third-order valence-electron chi connectivity index (χ3n) is 3.15. The quantitative estimate of drug-likeness (QED) is 0.795. The van der Waals surface area contributed by atoms with Crippen molar-refractivity contribution in [3.8, 4) is 0 Å². The van der Waals surface area contributed by atoms with Crippen molar-refractivity contribution in [2.24, 2.45) is 11.7 Å². The van der Waals surface area contributed by atoms with Crippen molar-refractivity contribution in [1.82, 2.24) is 5.32 Å². The summed E-state index contributed by atoms with van der Waals surface area (Å²) in [5.74, 6) is 0.649. The third-order valence-corrected chi connectivity index (χ3v) is 3.15. The van der Waals surface area contributed by atoms with Crippen molar-refractivity contribution in [2.75, 3.05) is 6.54 Å². The van der Waals surface area contributed by atoms with Gasteiger partial charge >= 0.3 is 6.09 Å². The first-order chi connectivity index (χ1) is 7.88. The number of rotatable bonds is 4. The van der Waals surface area contributed by atoms with Crippen molar-refractivity contribution in [2.45, 2.75) is 64.5 Å². The summed E-state index contributed by atoms with van der Waals surface area (Å²) in [4.78, 5) is 11.4. The average Bonchev–Trinajstić information content (AvgIpc) is 2.66. The molecule has 4 heteroatoms. The van der Waals surface area contributed by atoms with Gasteiger partial charge in [0.25, 0.3) is 0 Å². The first kappa shape index (κ1) is 14.3. The highest BCUT2D eigenvalue weighted by atomic mass is 16.6. The van der Waals surface area contributed by atoms with Crippen LogP contribution in [0.4, 0.5) is 4.79 Å². The summed E-state index contributed by atoms with van der Waals surface area (Å²) < 4.78 is 5.15. The van der Waals surface area contributed by atoms with E-state index in [1.807, 2.05) is 20.8 Å². The normalized spacial score (nSPS) is 19.1. The summed E-state index contributed by atoms with van der Waals surface area (Å²) in [6, 6.07) is 0.215. The van der Waals surface area contributed by atoms with Gasteiger partial charge in [-0.2, -0.15) is 0 Å². The number of hydrogen-bond donors (Lipinski definition) is 2. The Morgan fingerprint density at radius 3 is 2.53 bits per heavy atom. The molecule has 17 heavy (non-hydrogen) atoms. The number of nitrogens with two attached hydrogens (primary N) is 1. The van der Waals surface area contributed by atoms with Crippen molar-refractivity contribution in [3.05, 3.63) is 0 Å². The molecule has 100 valence electrons. The molecule has 0 radical (unpaired) electrons. The lowest BCUT2D eigenvalue weighted by atomic mass is 9.96. The zero-order chi connectivity index (χ0) is 12.9. The van der Waals surface area contributed by atoms with E-state index in [-0.39, 0.29) is 12.1 Å². The number of ether oxygens (including phenoxy) is 1. The number of carbonyl (C=O) groups excluding carboxylic acids is 1. The zero-order valence-electron chi connectivity index (χ0n) is 11.3. The highest BCUT2D eigenvalue weighted by Crippen LogP contribution is 2.27. The number of carbonyl (C=O) groups is 1. The molecule has 0 spiro atoms. The van der Waals surface area contributed by atoms with E-state index in [1.54, 1.807) is 0 Å². The van der Waals surface area contributed by atoms with Crippen molar-refractivity contribution >= 4 is 6.09 Å². The van der Waals surface area contributed by atoms with E-state index in [0.29, 0.717) is 12.5 Å². The molecular weight excluding hydrogens is 216 g/mol. The molecule has 0 heterocycles. The van der Waals surface area contributed by atoms with Crippen LogP contribution >= 0.6 is 0 Å². The summed E-state index contributed by atoms with van der Waals surface area (Å²) in [6.45, 7) is 6.18. The highest BCUT2D eigenvalue weighted by Gasteiger charge is 2.22. The van der Waals surface area contributed by atoms with Gasteiger partial charge in [-0.15, -0.1) is 0 Å². The lowest BCUT2D eigenvalue weighted by Crippen LogP contribution is -2.37. The van der Waals surface area contributed by atoms with E-state index < -0.39 is 5.60 Å². The Morgan fingerprint density at radius 2 is 2.00 bits per heavy atom. The van der Waals surface area contributed by atoms with Crippen LogP contribution in [0.2, 0.25) is 0 Å². The first-order valence-electron chi connectivity index (χ1n) is 6.61. The third kappa shape index (κ3) is 5.91. The predicted molar refractivity (Wildman–Crippen MR) is 68.8 cm³/mol. The van der Waals surface area contributed by atoms with Crippen LogP contribution in [0.3, 0.4) is 0 Å². The molecule has 1 unspecified atom stereocenters. The number of hydrogen-bond acceptors (Lipinski definition) is 3. The summed E-state index contributed by atoms with van der Waals surface area (Å²) in [7, 11) is 0. The fourth-order valence-corrected chi connectivity index (χ4v) is 2.28. The molecule has 1 rings (SSSR count). The monoisotopic (exact) mass is 242 g/mol. The second-order valence-corrected chi connectivity index (χ2v) is 5.93. The molecule has 1 aliphatic carbocycles. The molecular formula is C13H26N2O2. The maximum absolute atomic E-state index is 11.4. The maximum Gasteiger partial charge on any atom is 0.407 e. The largest absolute Gasteiger partial charge is 0.444 e. The molecule has 4 nitrogen and oxygen atoms in total. The number of nitrogens with one attached hydrogen (secondary N) is 1.